The number of piperidine rings is 3. The van der Waals surface area contributed by atoms with Crippen molar-refractivity contribution in [3.8, 4) is 35.5 Å². The van der Waals surface area contributed by atoms with E-state index >= 15 is 0 Å². The first-order chi connectivity index (χ1) is 60.5. The van der Waals surface area contributed by atoms with Gasteiger partial charge in [-0.25, -0.2) is 32.0 Å². The molecule has 7 aliphatic heterocycles. The summed E-state index contributed by atoms with van der Waals surface area (Å²) in [5.74, 6) is 16.8. The van der Waals surface area contributed by atoms with Crippen LogP contribution in [0.25, 0.3) is 0 Å². The average Bonchev–Trinajstić information content (AvgIpc) is 1.57. The van der Waals surface area contributed by atoms with E-state index < -0.39 is 89.4 Å². The maximum absolute atomic E-state index is 14.0. The summed E-state index contributed by atoms with van der Waals surface area (Å²) in [4.78, 5) is 60.6. The fourth-order valence-corrected chi connectivity index (χ4v) is 25.4. The number of benzene rings is 6. The highest BCUT2D eigenvalue weighted by atomic mass is 32.2. The number of sulfonamides is 3. The number of imidazole rings is 1. The van der Waals surface area contributed by atoms with Crippen molar-refractivity contribution in [3.05, 3.63) is 297 Å². The Labute approximate surface area is 729 Å². The first kappa shape index (κ1) is 86.7. The summed E-state index contributed by atoms with van der Waals surface area (Å²) < 4.78 is 136. The molecule has 4 saturated heterocycles. The van der Waals surface area contributed by atoms with Gasteiger partial charge in [-0.1, -0.05) is 109 Å². The van der Waals surface area contributed by atoms with Crippen molar-refractivity contribution >= 4 is 80.7 Å². The van der Waals surface area contributed by atoms with E-state index in [0.29, 0.717) is 125 Å². The van der Waals surface area contributed by atoms with Gasteiger partial charge in [0.05, 0.1) is 34.4 Å². The maximum atomic E-state index is 14.0. The second-order valence-electron chi connectivity index (χ2n) is 32.2. The van der Waals surface area contributed by atoms with Crippen molar-refractivity contribution in [3.63, 3.8) is 0 Å². The summed E-state index contributed by atoms with van der Waals surface area (Å²) in [5, 5.41) is 6.72. The van der Waals surface area contributed by atoms with Crippen LogP contribution in [0.15, 0.2) is 234 Å². The van der Waals surface area contributed by atoms with E-state index in [2.05, 4.69) is 51.4 Å². The number of carboxylic acid groups (broad SMARTS) is 1. The van der Waals surface area contributed by atoms with Crippen LogP contribution < -0.4 is 41.0 Å². The maximum Gasteiger partial charge on any atom is 0.371 e. The Morgan fingerprint density at radius 3 is 1.19 bits per heavy atom. The fourth-order valence-electron chi connectivity index (χ4n) is 17.6. The summed E-state index contributed by atoms with van der Waals surface area (Å²) in [5.41, 5.74) is 31.1. The zero-order chi connectivity index (χ0) is 88.5. The summed E-state index contributed by atoms with van der Waals surface area (Å²) in [7, 11) is -12.4. The second-order valence-corrected chi connectivity index (χ2v) is 40.1. The minimum absolute atomic E-state index is 0.0116. The van der Waals surface area contributed by atoms with Gasteiger partial charge >= 0.3 is 5.97 Å². The van der Waals surface area contributed by atoms with Gasteiger partial charge < -0.3 is 59.2 Å². The van der Waals surface area contributed by atoms with Crippen molar-refractivity contribution in [2.24, 2.45) is 24.2 Å². The van der Waals surface area contributed by atoms with Gasteiger partial charge in [0, 0.05) is 125 Å². The largest absolute Gasteiger partial charge is 0.475 e. The number of nitrogens with one attached hydrogen (secondary N) is 2. The van der Waals surface area contributed by atoms with Gasteiger partial charge in [0.15, 0.2) is 49.4 Å². The van der Waals surface area contributed by atoms with Crippen molar-refractivity contribution < 1.29 is 75.6 Å². The van der Waals surface area contributed by atoms with Crippen molar-refractivity contribution in [2.45, 2.75) is 102 Å². The summed E-state index contributed by atoms with van der Waals surface area (Å²) in [6, 6.07) is 57.5. The number of hydrogen-bond donors (Lipinski definition) is 6. The number of amides is 3. The van der Waals surface area contributed by atoms with Crippen LogP contribution in [0.4, 0.5) is 17.1 Å². The average molecular weight is 1780 g/mol. The number of carbonyl (C=O) groups is 4. The summed E-state index contributed by atoms with van der Waals surface area (Å²) in [6.45, 7) is 4.04. The molecule has 0 saturated carbocycles. The van der Waals surface area contributed by atoms with Gasteiger partial charge in [-0.05, 0) is 206 Å². The molecule has 3 amide bonds. The van der Waals surface area contributed by atoms with Crippen molar-refractivity contribution in [2.75, 3.05) is 84.6 Å². The number of furan rings is 4. The minimum atomic E-state index is -4.19. The SMILES string of the molecule is CNNC1CC(S(=O)(=O)N2CC3(CCN(C(=O)c4ccc(C#Cc5ccccc5)o4)CC3)c3cc(CN)ccc32)CS1(=O)=O.Cn1cnc(S(=O)(=O)N2CC3(CCN(C(=O)c4ccc(C#Cc5ccccc5)o4)CC3)c3cc(CN)ccc32)c1.NCc1ccc2c(c1)C1(CCN(C(=O)c3ccc(C#Cc4ccccc4)o3)CC1)CN2S(=O)(=O)c1ccc(C(=O)O)o1. The molecule has 0 bridgehead atoms. The van der Waals surface area contributed by atoms with Crippen LogP contribution in [0.5, 0.6) is 0 Å². The second kappa shape index (κ2) is 35.3. The highest BCUT2D eigenvalue weighted by Gasteiger charge is 2.55. The first-order valence-electron chi connectivity index (χ1n) is 41.0. The van der Waals surface area contributed by atoms with Crippen LogP contribution in [0, 0.1) is 35.5 Å². The lowest BCUT2D eigenvalue weighted by Crippen LogP contribution is -2.49. The molecule has 2 unspecified atom stereocenters. The van der Waals surface area contributed by atoms with E-state index in [1.165, 1.54) is 25.4 Å². The number of nitrogens with two attached hydrogens (primary N) is 3. The van der Waals surface area contributed by atoms with Crippen LogP contribution >= 0.6 is 0 Å². The van der Waals surface area contributed by atoms with E-state index in [9.17, 15) is 58.0 Å². The molecule has 18 rings (SSSR count). The molecular weight excluding hydrogens is 1690 g/mol. The standard InChI is InChI=1S/C31H35N5O6S2.C31H27N3O7S.C30H29N5O4S/c1-33-34-29-18-25(20-43(29,38)39)44(40,41)36-21-31(26-17-23(19-32)8-11-27(26)36)13-15-35(16-14-31)30(37)28-12-10-24(42-28)9-7-22-5-3-2-4-6-22;32-19-22-7-10-25-24(18-22)31(20-34(25)42(38,39)28-13-12-27(41-28)30(36)37)14-16-33(17-15-31)29(35)26-11-9-23(40-26)8-6-21-4-2-1-3-5-21;1-33-19-28(32-21-33)40(37,38)35-20-30(25-17-23(18-31)8-11-26(25)35)13-15-34(16-14-30)29(36)27-12-10-24(39-27)9-7-22-5-3-2-4-6-22/h2-6,8,10-12,17,25,29,33-34H,13-16,18-21,32H2,1H3;1-5,7,9-13,18H,14-17,19-20,32H2,(H,36,37);2-6,8,10-12,17,19,21H,13-16,18,20,31H2,1H3. The number of aryl methyl sites for hydroxylation is 1. The molecule has 2 atom stereocenters. The lowest BCUT2D eigenvalue weighted by atomic mass is 9.74. The quantitative estimate of drug-likeness (QED) is 0.0412. The molecule has 4 fully saturated rings. The van der Waals surface area contributed by atoms with E-state index in [1.54, 1.807) is 88.0 Å². The molecular formula is C92H91N13O17S4. The molecule has 7 aliphatic rings. The van der Waals surface area contributed by atoms with E-state index in [0.717, 1.165) is 62.2 Å². The third-order valence-corrected chi connectivity index (χ3v) is 32.1. The zero-order valence-corrected chi connectivity index (χ0v) is 72.1. The zero-order valence-electron chi connectivity index (χ0n) is 68.8. The number of hydrazine groups is 1. The van der Waals surface area contributed by atoms with E-state index in [1.807, 2.05) is 127 Å². The Kier molecular flexibility index (Phi) is 24.3. The van der Waals surface area contributed by atoms with Gasteiger partial charge in [0.2, 0.25) is 20.9 Å². The van der Waals surface area contributed by atoms with Crippen LogP contribution in [0.1, 0.15) is 155 Å². The number of carboxylic acids is 1. The predicted molar refractivity (Wildman–Crippen MR) is 469 cm³/mol. The normalized spacial score (nSPS) is 18.0. The molecule has 12 heterocycles. The number of aromatic nitrogens is 2. The third-order valence-electron chi connectivity index (χ3n) is 24.5. The molecule has 30 nitrogen and oxygen atoms in total. The number of anilines is 3. The molecule has 11 aromatic rings. The van der Waals surface area contributed by atoms with Gasteiger partial charge in [0.25, 0.3) is 37.8 Å². The molecule has 126 heavy (non-hydrogen) atoms. The Hall–Kier alpha value is -12.8. The number of rotatable bonds is 15. The van der Waals surface area contributed by atoms with Crippen LogP contribution in [0.3, 0.4) is 0 Å². The summed E-state index contributed by atoms with van der Waals surface area (Å²) in [6.07, 6.45) is 6.22. The van der Waals surface area contributed by atoms with Gasteiger partial charge in [-0.2, -0.15) is 16.8 Å². The number of sulfone groups is 1. The van der Waals surface area contributed by atoms with Gasteiger partial charge in [0.1, 0.15) is 5.37 Å². The third kappa shape index (κ3) is 17.3. The monoisotopic (exact) mass is 1780 g/mol. The fraction of sp³-hybridized carbons (Fsp3) is 0.293. The van der Waals surface area contributed by atoms with Crippen LogP contribution in [-0.4, -0.2) is 169 Å². The number of carbonyl (C=O) groups excluding carboxylic acids is 3. The van der Waals surface area contributed by atoms with Gasteiger partial charge in [-0.15, -0.1) is 0 Å². The highest BCUT2D eigenvalue weighted by Crippen LogP contribution is 2.53. The van der Waals surface area contributed by atoms with Gasteiger partial charge in [-0.3, -0.25) is 32.7 Å². The molecule has 5 aromatic heterocycles. The minimum Gasteiger partial charge on any atom is -0.475 e. The van der Waals surface area contributed by atoms with Crippen LogP contribution in [-0.2, 0) is 82.8 Å². The summed E-state index contributed by atoms with van der Waals surface area (Å²) >= 11 is 0. The topological polar surface area (TPSA) is 417 Å². The van der Waals surface area contributed by atoms with E-state index in [-0.39, 0.29) is 72.6 Å². The molecule has 34 heteroatoms. The first-order valence-corrected chi connectivity index (χ1v) is 47.1. The Balaban J connectivity index is 0.000000139. The highest BCUT2D eigenvalue weighted by molar-refractivity contribution is 7.97. The lowest BCUT2D eigenvalue weighted by molar-refractivity contribution is 0.0635. The predicted octanol–water partition coefficient (Wildman–Crippen LogP) is 8.77. The number of likely N-dealkylation sites (tertiary alicyclic amines) is 3. The Bertz CT molecular complexity index is 6690. The molecule has 650 valence electrons. The number of fused-ring (bicyclic) bond motifs is 6. The molecule has 9 N–H and O–H groups in total. The molecule has 6 aromatic carbocycles. The lowest BCUT2D eigenvalue weighted by Gasteiger charge is -2.39. The molecule has 3 spiro atoms. The Morgan fingerprint density at radius 2 is 0.841 bits per heavy atom. The number of hydrogen-bond acceptors (Lipinski definition) is 22. The Morgan fingerprint density at radius 1 is 0.476 bits per heavy atom. The van der Waals surface area contributed by atoms with E-state index in [4.69, 9.17) is 34.9 Å². The number of nitrogens with zero attached hydrogens (tertiary/aromatic N) is 8. The van der Waals surface area contributed by atoms with Crippen LogP contribution in [0.2, 0.25) is 0 Å². The number of aromatic carboxylic acids is 1. The smallest absolute Gasteiger partial charge is 0.371 e. The van der Waals surface area contributed by atoms with Crippen molar-refractivity contribution in [1.29, 1.82) is 0 Å². The van der Waals surface area contributed by atoms with Crippen molar-refractivity contribution in [1.82, 2.24) is 35.1 Å². The molecule has 0 radical (unpaired) electrons. The molecule has 0 aliphatic carbocycles.